The highest BCUT2D eigenvalue weighted by Crippen LogP contribution is 2.28. The van der Waals surface area contributed by atoms with Gasteiger partial charge in [-0.15, -0.1) is 11.3 Å². The molecule has 1 amide bonds. The Morgan fingerprint density at radius 3 is 2.96 bits per heavy atom. The van der Waals surface area contributed by atoms with Crippen LogP contribution in [0.5, 0.6) is 0 Å². The smallest absolute Gasteiger partial charge is 0.220 e. The van der Waals surface area contributed by atoms with Crippen LogP contribution in [0.2, 0.25) is 0 Å². The minimum absolute atomic E-state index is 0.0306. The van der Waals surface area contributed by atoms with Crippen molar-refractivity contribution in [3.63, 3.8) is 0 Å². The van der Waals surface area contributed by atoms with Crippen LogP contribution < -0.4 is 10.6 Å². The fourth-order valence-electron chi connectivity index (χ4n) is 3.42. The molecule has 0 aliphatic carbocycles. The number of hydrogen-bond acceptors (Lipinski definition) is 5. The molecule has 0 bridgehead atoms. The highest BCUT2D eigenvalue weighted by Gasteiger charge is 2.29. The van der Waals surface area contributed by atoms with E-state index < -0.39 is 0 Å². The molecule has 1 fully saturated rings. The standard InChI is InChI=1S/C20H29N3O2S/c1-20(2,3)18-11-16(23-25-18)9-15-12-21-7-6-14(15)10-19(24)22-13-17-5-4-8-26-17/h4-5,8,11,14-15,21H,6-7,9-10,12-13H2,1-3H3,(H,22,24)/t14-,15-/m0/s1. The number of hydrogen-bond donors (Lipinski definition) is 2. The first kappa shape index (κ1) is 19.1. The summed E-state index contributed by atoms with van der Waals surface area (Å²) >= 11 is 1.67. The maximum Gasteiger partial charge on any atom is 0.220 e. The van der Waals surface area contributed by atoms with Gasteiger partial charge < -0.3 is 15.2 Å². The molecule has 142 valence electrons. The van der Waals surface area contributed by atoms with E-state index in [-0.39, 0.29) is 11.3 Å². The zero-order valence-corrected chi connectivity index (χ0v) is 16.7. The molecule has 0 saturated carbocycles. The Morgan fingerprint density at radius 1 is 1.42 bits per heavy atom. The van der Waals surface area contributed by atoms with E-state index in [1.165, 1.54) is 4.88 Å². The number of thiophene rings is 1. The number of rotatable bonds is 6. The van der Waals surface area contributed by atoms with Crippen LogP contribution in [-0.4, -0.2) is 24.2 Å². The molecule has 0 aromatic carbocycles. The minimum Gasteiger partial charge on any atom is -0.361 e. The summed E-state index contributed by atoms with van der Waals surface area (Å²) in [4.78, 5) is 13.6. The van der Waals surface area contributed by atoms with Crippen molar-refractivity contribution < 1.29 is 9.32 Å². The van der Waals surface area contributed by atoms with Crippen molar-refractivity contribution in [2.45, 2.75) is 52.0 Å². The number of nitrogens with zero attached hydrogens (tertiary/aromatic N) is 1. The molecule has 2 atom stereocenters. The lowest BCUT2D eigenvalue weighted by Gasteiger charge is -2.31. The van der Waals surface area contributed by atoms with Crippen LogP contribution in [0.1, 0.15) is 49.9 Å². The second kappa shape index (κ2) is 8.35. The van der Waals surface area contributed by atoms with Gasteiger partial charge in [0.15, 0.2) is 0 Å². The van der Waals surface area contributed by atoms with Crippen molar-refractivity contribution in [1.29, 1.82) is 0 Å². The van der Waals surface area contributed by atoms with Gasteiger partial charge in [0, 0.05) is 22.8 Å². The zero-order chi connectivity index (χ0) is 18.6. The first-order valence-corrected chi connectivity index (χ1v) is 10.3. The van der Waals surface area contributed by atoms with Crippen LogP contribution in [0, 0.1) is 11.8 Å². The summed E-state index contributed by atoms with van der Waals surface area (Å²) in [5, 5.41) is 12.8. The third kappa shape index (κ3) is 5.17. The van der Waals surface area contributed by atoms with Crippen molar-refractivity contribution in [1.82, 2.24) is 15.8 Å². The van der Waals surface area contributed by atoms with Gasteiger partial charge in [-0.3, -0.25) is 4.79 Å². The quantitative estimate of drug-likeness (QED) is 0.811. The molecule has 3 rings (SSSR count). The molecular formula is C20H29N3O2S. The molecule has 1 aliphatic rings. The lowest BCUT2D eigenvalue weighted by atomic mass is 9.81. The number of nitrogens with one attached hydrogen (secondary N) is 2. The Kier molecular flexibility index (Phi) is 6.14. The molecule has 2 aromatic rings. The van der Waals surface area contributed by atoms with Gasteiger partial charge in [-0.1, -0.05) is 32.0 Å². The van der Waals surface area contributed by atoms with Crippen LogP contribution in [0.15, 0.2) is 28.1 Å². The topological polar surface area (TPSA) is 67.2 Å². The van der Waals surface area contributed by atoms with E-state index >= 15 is 0 Å². The van der Waals surface area contributed by atoms with Gasteiger partial charge in [-0.2, -0.15) is 0 Å². The van der Waals surface area contributed by atoms with Crippen LogP contribution in [0.3, 0.4) is 0 Å². The Labute approximate surface area is 159 Å². The van der Waals surface area contributed by atoms with Gasteiger partial charge in [-0.25, -0.2) is 0 Å². The summed E-state index contributed by atoms with van der Waals surface area (Å²) in [5.41, 5.74) is 0.963. The predicted molar refractivity (Wildman–Crippen MR) is 104 cm³/mol. The third-order valence-corrected chi connectivity index (χ3v) is 5.90. The van der Waals surface area contributed by atoms with E-state index in [1.54, 1.807) is 11.3 Å². The number of aromatic nitrogens is 1. The average Bonchev–Trinajstić information content (AvgIpc) is 3.26. The summed E-state index contributed by atoms with van der Waals surface area (Å²) in [6.45, 7) is 8.91. The lowest BCUT2D eigenvalue weighted by Crippen LogP contribution is -2.40. The summed E-state index contributed by atoms with van der Waals surface area (Å²) in [6.07, 6.45) is 2.47. The van der Waals surface area contributed by atoms with Gasteiger partial charge >= 0.3 is 0 Å². The number of carbonyl (C=O) groups excluding carboxylic acids is 1. The SMILES string of the molecule is CC(C)(C)c1cc(C[C@H]2CNCC[C@H]2CC(=O)NCc2cccs2)no1. The molecule has 2 N–H and O–H groups in total. The molecule has 3 heterocycles. The van der Waals surface area contributed by atoms with E-state index in [2.05, 4.69) is 48.7 Å². The Bertz CT molecular complexity index is 703. The van der Waals surface area contributed by atoms with E-state index in [9.17, 15) is 4.79 Å². The first-order valence-electron chi connectivity index (χ1n) is 9.37. The molecule has 0 spiro atoms. The number of piperidine rings is 1. The maximum absolute atomic E-state index is 12.4. The summed E-state index contributed by atoms with van der Waals surface area (Å²) in [7, 11) is 0. The molecule has 1 aliphatic heterocycles. The van der Waals surface area contributed by atoms with Crippen molar-refractivity contribution in [3.05, 3.63) is 39.9 Å². The molecule has 0 radical (unpaired) electrons. The van der Waals surface area contributed by atoms with Crippen molar-refractivity contribution in [3.8, 4) is 0 Å². The van der Waals surface area contributed by atoms with Gasteiger partial charge in [0.2, 0.25) is 5.91 Å². The highest BCUT2D eigenvalue weighted by atomic mass is 32.1. The Hall–Kier alpha value is -1.66. The Morgan fingerprint density at radius 2 is 2.27 bits per heavy atom. The van der Waals surface area contributed by atoms with Crippen LogP contribution in [0.4, 0.5) is 0 Å². The minimum atomic E-state index is -0.0306. The fraction of sp³-hybridized carbons (Fsp3) is 0.600. The Balaban J connectivity index is 1.55. The van der Waals surface area contributed by atoms with Gasteiger partial charge in [0.1, 0.15) is 5.76 Å². The van der Waals surface area contributed by atoms with Crippen molar-refractivity contribution >= 4 is 17.2 Å². The molecule has 0 unspecified atom stereocenters. The molecular weight excluding hydrogens is 346 g/mol. The normalized spacial score (nSPS) is 20.9. The summed E-state index contributed by atoms with van der Waals surface area (Å²) in [5.74, 6) is 1.86. The van der Waals surface area contributed by atoms with Crippen LogP contribution in [0.25, 0.3) is 0 Å². The van der Waals surface area contributed by atoms with Gasteiger partial charge in [-0.05, 0) is 49.2 Å². The zero-order valence-electron chi connectivity index (χ0n) is 15.9. The number of amides is 1. The monoisotopic (exact) mass is 375 g/mol. The molecule has 1 saturated heterocycles. The van der Waals surface area contributed by atoms with Crippen molar-refractivity contribution in [2.24, 2.45) is 11.8 Å². The van der Waals surface area contributed by atoms with Gasteiger partial charge in [0.25, 0.3) is 0 Å². The third-order valence-electron chi connectivity index (χ3n) is 5.02. The molecule has 26 heavy (non-hydrogen) atoms. The van der Waals surface area contributed by atoms with E-state index in [0.717, 1.165) is 37.4 Å². The average molecular weight is 376 g/mol. The van der Waals surface area contributed by atoms with Crippen LogP contribution >= 0.6 is 11.3 Å². The van der Waals surface area contributed by atoms with E-state index in [4.69, 9.17) is 4.52 Å². The van der Waals surface area contributed by atoms with E-state index in [0.29, 0.717) is 24.8 Å². The van der Waals surface area contributed by atoms with Crippen molar-refractivity contribution in [2.75, 3.05) is 13.1 Å². The molecule has 5 nitrogen and oxygen atoms in total. The highest BCUT2D eigenvalue weighted by molar-refractivity contribution is 7.09. The summed E-state index contributed by atoms with van der Waals surface area (Å²) in [6, 6.07) is 6.14. The predicted octanol–water partition coefficient (Wildman–Crippen LogP) is 3.51. The fourth-order valence-corrected chi connectivity index (χ4v) is 4.07. The van der Waals surface area contributed by atoms with Crippen LogP contribution in [-0.2, 0) is 23.2 Å². The second-order valence-corrected chi connectivity index (χ2v) is 9.24. The number of carbonyl (C=O) groups is 1. The summed E-state index contributed by atoms with van der Waals surface area (Å²) < 4.78 is 5.52. The first-order chi connectivity index (χ1) is 12.4. The maximum atomic E-state index is 12.4. The largest absolute Gasteiger partial charge is 0.361 e. The lowest BCUT2D eigenvalue weighted by molar-refractivity contribution is -0.122. The van der Waals surface area contributed by atoms with Gasteiger partial charge in [0.05, 0.1) is 12.2 Å². The van der Waals surface area contributed by atoms with E-state index in [1.807, 2.05) is 11.4 Å². The molecule has 6 heteroatoms. The molecule has 2 aromatic heterocycles. The second-order valence-electron chi connectivity index (χ2n) is 8.21.